The molecule has 1 heterocycles. The van der Waals surface area contributed by atoms with Crippen LogP contribution in [0.25, 0.3) is 0 Å². The van der Waals surface area contributed by atoms with E-state index >= 15 is 0 Å². The Kier molecular flexibility index (Phi) is 1.95. The number of likely N-dealkylation sites (N-methyl/N-ethyl adjacent to an activating group) is 1. The van der Waals surface area contributed by atoms with Gasteiger partial charge in [-0.15, -0.1) is 0 Å². The van der Waals surface area contributed by atoms with E-state index in [-0.39, 0.29) is 17.5 Å². The Labute approximate surface area is 83.0 Å². The van der Waals surface area contributed by atoms with E-state index in [9.17, 15) is 9.90 Å². The highest BCUT2D eigenvalue weighted by atomic mass is 16.3. The number of phenolic OH excluding ortho intramolecular Hbond substituents is 1. The van der Waals surface area contributed by atoms with Crippen LogP contribution in [0.4, 0.5) is 5.69 Å². The summed E-state index contributed by atoms with van der Waals surface area (Å²) in [5, 5.41) is 9.35. The molecule has 0 saturated carbocycles. The van der Waals surface area contributed by atoms with Crippen LogP contribution < -0.4 is 4.90 Å². The zero-order valence-corrected chi connectivity index (χ0v) is 8.32. The van der Waals surface area contributed by atoms with Gasteiger partial charge in [0.15, 0.2) is 0 Å². The number of benzene rings is 1. The number of fused-ring (bicyclic) bond motifs is 1. The van der Waals surface area contributed by atoms with Crippen LogP contribution in [-0.2, 0) is 4.79 Å². The van der Waals surface area contributed by atoms with Gasteiger partial charge in [0.2, 0.25) is 0 Å². The SMILES string of the molecule is CC(=O)C1CN(C)c2ccc(O)cc21. The minimum absolute atomic E-state index is 0.0814. The number of hydrogen-bond donors (Lipinski definition) is 1. The third-order valence-corrected chi connectivity index (χ3v) is 2.74. The molecule has 1 atom stereocenters. The third kappa shape index (κ3) is 1.25. The second-order valence-electron chi connectivity index (χ2n) is 3.79. The molecule has 0 aliphatic carbocycles. The molecule has 1 aromatic carbocycles. The molecule has 2 rings (SSSR count). The molecule has 3 nitrogen and oxygen atoms in total. The van der Waals surface area contributed by atoms with Gasteiger partial charge >= 0.3 is 0 Å². The van der Waals surface area contributed by atoms with Crippen LogP contribution in [0.15, 0.2) is 18.2 Å². The Bertz CT molecular complexity index is 387. The molecule has 0 fully saturated rings. The lowest BCUT2D eigenvalue weighted by molar-refractivity contribution is -0.118. The standard InChI is InChI=1S/C11H13NO2/c1-7(13)10-6-12(2)11-4-3-8(14)5-9(10)11/h3-5,10,14H,6H2,1-2H3. The van der Waals surface area contributed by atoms with Crippen LogP contribution in [0.1, 0.15) is 18.4 Å². The summed E-state index contributed by atoms with van der Waals surface area (Å²) in [6.45, 7) is 2.31. The summed E-state index contributed by atoms with van der Waals surface area (Å²) < 4.78 is 0. The van der Waals surface area contributed by atoms with Gasteiger partial charge in [0.05, 0.1) is 5.92 Å². The summed E-state index contributed by atoms with van der Waals surface area (Å²) in [5.74, 6) is 0.300. The molecule has 0 bridgehead atoms. The van der Waals surface area contributed by atoms with Gasteiger partial charge in [0.25, 0.3) is 0 Å². The summed E-state index contributed by atoms with van der Waals surface area (Å²) in [6.07, 6.45) is 0. The summed E-state index contributed by atoms with van der Waals surface area (Å²) in [5.41, 5.74) is 1.99. The first-order valence-electron chi connectivity index (χ1n) is 4.64. The number of carbonyl (C=O) groups is 1. The normalized spacial score (nSPS) is 19.6. The average Bonchev–Trinajstić information content (AvgIpc) is 2.43. The van der Waals surface area contributed by atoms with Gasteiger partial charge in [0.1, 0.15) is 11.5 Å². The Hall–Kier alpha value is -1.51. The highest BCUT2D eigenvalue weighted by Crippen LogP contribution is 2.37. The molecule has 74 valence electrons. The first-order valence-corrected chi connectivity index (χ1v) is 4.64. The third-order valence-electron chi connectivity index (χ3n) is 2.74. The molecule has 1 unspecified atom stereocenters. The van der Waals surface area contributed by atoms with Crippen molar-refractivity contribution in [2.45, 2.75) is 12.8 Å². The summed E-state index contributed by atoms with van der Waals surface area (Å²) in [6, 6.07) is 5.19. The van der Waals surface area contributed by atoms with Gasteiger partial charge in [-0.1, -0.05) is 0 Å². The number of anilines is 1. The molecule has 0 saturated heterocycles. The van der Waals surface area contributed by atoms with Crippen LogP contribution in [0.2, 0.25) is 0 Å². The van der Waals surface area contributed by atoms with Gasteiger partial charge in [-0.3, -0.25) is 4.79 Å². The molecule has 14 heavy (non-hydrogen) atoms. The minimum atomic E-state index is -0.0814. The van der Waals surface area contributed by atoms with Crippen LogP contribution >= 0.6 is 0 Å². The van der Waals surface area contributed by atoms with Crippen molar-refractivity contribution >= 4 is 11.5 Å². The molecule has 3 heteroatoms. The van der Waals surface area contributed by atoms with E-state index in [0.29, 0.717) is 6.54 Å². The number of hydrogen-bond acceptors (Lipinski definition) is 3. The summed E-state index contributed by atoms with van der Waals surface area (Å²) >= 11 is 0. The predicted octanol–water partition coefficient (Wildman–Crippen LogP) is 1.51. The Morgan fingerprint density at radius 2 is 2.29 bits per heavy atom. The van der Waals surface area contributed by atoms with Gasteiger partial charge < -0.3 is 10.0 Å². The number of Topliss-reactive ketones (excluding diaryl/α,β-unsaturated/α-hetero) is 1. The second-order valence-corrected chi connectivity index (χ2v) is 3.79. The molecule has 0 amide bonds. The number of ketones is 1. The fourth-order valence-electron chi connectivity index (χ4n) is 1.99. The zero-order chi connectivity index (χ0) is 10.3. The second kappa shape index (κ2) is 3.01. The van der Waals surface area contributed by atoms with Gasteiger partial charge in [0, 0.05) is 19.3 Å². The number of rotatable bonds is 1. The van der Waals surface area contributed by atoms with Crippen LogP contribution in [0, 0.1) is 0 Å². The molecular weight excluding hydrogens is 178 g/mol. The van der Waals surface area contributed by atoms with Crippen molar-refractivity contribution in [1.82, 2.24) is 0 Å². The highest BCUT2D eigenvalue weighted by molar-refractivity contribution is 5.88. The number of nitrogens with zero attached hydrogens (tertiary/aromatic N) is 1. The average molecular weight is 191 g/mol. The molecular formula is C11H13NO2. The maximum Gasteiger partial charge on any atom is 0.139 e. The smallest absolute Gasteiger partial charge is 0.139 e. The maximum absolute atomic E-state index is 11.4. The van der Waals surface area contributed by atoms with Crippen molar-refractivity contribution < 1.29 is 9.90 Å². The molecule has 1 aromatic rings. The first kappa shape index (κ1) is 9.06. The van der Waals surface area contributed by atoms with Crippen molar-refractivity contribution in [1.29, 1.82) is 0 Å². The van der Waals surface area contributed by atoms with E-state index in [1.165, 1.54) is 0 Å². The molecule has 0 spiro atoms. The number of carbonyl (C=O) groups excluding carboxylic acids is 1. The fraction of sp³-hybridized carbons (Fsp3) is 0.364. The van der Waals surface area contributed by atoms with E-state index in [4.69, 9.17) is 0 Å². The molecule has 0 radical (unpaired) electrons. The van der Waals surface area contributed by atoms with Crippen molar-refractivity contribution in [3.05, 3.63) is 23.8 Å². The maximum atomic E-state index is 11.4. The van der Waals surface area contributed by atoms with Crippen molar-refractivity contribution in [3.63, 3.8) is 0 Å². The van der Waals surface area contributed by atoms with E-state index in [1.807, 2.05) is 18.0 Å². The van der Waals surface area contributed by atoms with Crippen molar-refractivity contribution in [2.24, 2.45) is 0 Å². The van der Waals surface area contributed by atoms with E-state index in [0.717, 1.165) is 11.3 Å². The topological polar surface area (TPSA) is 40.5 Å². The highest BCUT2D eigenvalue weighted by Gasteiger charge is 2.29. The Morgan fingerprint density at radius 1 is 1.57 bits per heavy atom. The van der Waals surface area contributed by atoms with Gasteiger partial charge in [-0.2, -0.15) is 0 Å². The molecule has 1 aliphatic heterocycles. The molecule has 1 aliphatic rings. The molecule has 0 aromatic heterocycles. The number of phenols is 1. The van der Waals surface area contributed by atoms with E-state index in [1.54, 1.807) is 19.1 Å². The monoisotopic (exact) mass is 191 g/mol. The lowest BCUT2D eigenvalue weighted by Gasteiger charge is -2.11. The van der Waals surface area contributed by atoms with Gasteiger partial charge in [-0.25, -0.2) is 0 Å². The zero-order valence-electron chi connectivity index (χ0n) is 8.32. The lowest BCUT2D eigenvalue weighted by Crippen LogP contribution is -2.18. The van der Waals surface area contributed by atoms with Gasteiger partial charge in [-0.05, 0) is 30.7 Å². The van der Waals surface area contributed by atoms with Crippen molar-refractivity contribution in [2.75, 3.05) is 18.5 Å². The van der Waals surface area contributed by atoms with Crippen LogP contribution in [0.5, 0.6) is 5.75 Å². The Morgan fingerprint density at radius 3 is 2.93 bits per heavy atom. The predicted molar refractivity (Wildman–Crippen MR) is 54.8 cm³/mol. The first-order chi connectivity index (χ1) is 6.59. The number of aromatic hydroxyl groups is 1. The quantitative estimate of drug-likeness (QED) is 0.731. The van der Waals surface area contributed by atoms with Crippen molar-refractivity contribution in [3.8, 4) is 5.75 Å². The van der Waals surface area contributed by atoms with Crippen LogP contribution in [0.3, 0.4) is 0 Å². The van der Waals surface area contributed by atoms with E-state index < -0.39 is 0 Å². The minimum Gasteiger partial charge on any atom is -0.508 e. The fourth-order valence-corrected chi connectivity index (χ4v) is 1.99. The van der Waals surface area contributed by atoms with E-state index in [2.05, 4.69) is 0 Å². The Balaban J connectivity index is 2.51. The summed E-state index contributed by atoms with van der Waals surface area (Å²) in [7, 11) is 1.96. The largest absolute Gasteiger partial charge is 0.508 e. The lowest BCUT2D eigenvalue weighted by atomic mass is 9.98. The van der Waals surface area contributed by atoms with Crippen LogP contribution in [-0.4, -0.2) is 24.5 Å². The molecule has 1 N–H and O–H groups in total. The summed E-state index contributed by atoms with van der Waals surface area (Å²) in [4.78, 5) is 13.4.